The highest BCUT2D eigenvalue weighted by Gasteiger charge is 2.13. The number of hydrogen-bond acceptors (Lipinski definition) is 2. The smallest absolute Gasteiger partial charge is 0.0431 e. The molecule has 1 unspecified atom stereocenters. The number of aliphatic hydroxyl groups excluding tert-OH is 1. The van der Waals surface area contributed by atoms with E-state index in [-0.39, 0.29) is 0 Å². The molecule has 0 saturated heterocycles. The van der Waals surface area contributed by atoms with Crippen molar-refractivity contribution in [1.29, 1.82) is 0 Å². The lowest BCUT2D eigenvalue weighted by atomic mass is 9.87. The van der Waals surface area contributed by atoms with Gasteiger partial charge in [-0.2, -0.15) is 0 Å². The molecule has 1 atom stereocenters. The average Bonchev–Trinajstić information content (AvgIpc) is 2.59. The Morgan fingerprint density at radius 2 is 1.45 bits per heavy atom. The molecule has 0 bridgehead atoms. The molecule has 0 aliphatic carbocycles. The van der Waals surface area contributed by atoms with Crippen molar-refractivity contribution in [3.05, 3.63) is 66.0 Å². The predicted octanol–water partition coefficient (Wildman–Crippen LogP) is 4.94. The second-order valence-corrected chi connectivity index (χ2v) is 5.88. The van der Waals surface area contributed by atoms with E-state index in [2.05, 4.69) is 41.4 Å². The Morgan fingerprint density at radius 1 is 0.773 bits per heavy atom. The zero-order valence-corrected chi connectivity index (χ0v) is 13.3. The number of unbranched alkanes of at least 4 members (excludes halogenated alkanes) is 5. The maximum absolute atomic E-state index is 8.79. The van der Waals surface area contributed by atoms with Crippen molar-refractivity contribution in [1.82, 2.24) is 4.98 Å². The minimum atomic E-state index is 0.330. The summed E-state index contributed by atoms with van der Waals surface area (Å²) in [5, 5.41) is 8.79. The zero-order valence-electron chi connectivity index (χ0n) is 13.3. The van der Waals surface area contributed by atoms with E-state index < -0.39 is 0 Å². The molecule has 0 aliphatic rings. The molecule has 1 aromatic heterocycles. The minimum absolute atomic E-state index is 0.330. The Kier molecular flexibility index (Phi) is 7.68. The van der Waals surface area contributed by atoms with Gasteiger partial charge in [-0.25, -0.2) is 0 Å². The van der Waals surface area contributed by atoms with Crippen LogP contribution >= 0.6 is 0 Å². The lowest BCUT2D eigenvalue weighted by Gasteiger charge is -2.17. The van der Waals surface area contributed by atoms with Crippen LogP contribution in [-0.2, 0) is 0 Å². The van der Waals surface area contributed by atoms with Crippen LogP contribution in [0.2, 0.25) is 0 Å². The van der Waals surface area contributed by atoms with E-state index >= 15 is 0 Å². The number of hydrogen-bond donors (Lipinski definition) is 1. The van der Waals surface area contributed by atoms with E-state index in [4.69, 9.17) is 5.11 Å². The van der Waals surface area contributed by atoms with E-state index in [1.807, 2.05) is 18.5 Å². The summed E-state index contributed by atoms with van der Waals surface area (Å²) >= 11 is 0. The molecule has 0 spiro atoms. The molecule has 118 valence electrons. The van der Waals surface area contributed by atoms with Crippen molar-refractivity contribution in [2.45, 2.75) is 50.9 Å². The highest BCUT2D eigenvalue weighted by Crippen LogP contribution is 2.29. The molecule has 1 N–H and O–H groups in total. The first-order valence-electron chi connectivity index (χ1n) is 8.47. The van der Waals surface area contributed by atoms with Crippen molar-refractivity contribution >= 4 is 0 Å². The summed E-state index contributed by atoms with van der Waals surface area (Å²) < 4.78 is 0. The van der Waals surface area contributed by atoms with Gasteiger partial charge in [0.05, 0.1) is 0 Å². The predicted molar refractivity (Wildman–Crippen MR) is 91.9 cm³/mol. The Hall–Kier alpha value is -1.67. The Bertz CT molecular complexity index is 458. The van der Waals surface area contributed by atoms with Crippen LogP contribution in [0.5, 0.6) is 0 Å². The quantitative estimate of drug-likeness (QED) is 0.630. The Balaban J connectivity index is 1.87. The first kappa shape index (κ1) is 16.7. The lowest BCUT2D eigenvalue weighted by molar-refractivity contribution is 0.282. The monoisotopic (exact) mass is 297 g/mol. The van der Waals surface area contributed by atoms with Crippen LogP contribution in [0.1, 0.15) is 62.0 Å². The lowest BCUT2D eigenvalue weighted by Crippen LogP contribution is -2.01. The van der Waals surface area contributed by atoms with Gasteiger partial charge < -0.3 is 5.11 Å². The summed E-state index contributed by atoms with van der Waals surface area (Å²) in [6.07, 6.45) is 12.1. The second-order valence-electron chi connectivity index (χ2n) is 5.88. The van der Waals surface area contributed by atoms with E-state index in [0.29, 0.717) is 12.5 Å². The summed E-state index contributed by atoms with van der Waals surface area (Å²) in [7, 11) is 0. The first-order valence-corrected chi connectivity index (χ1v) is 8.47. The van der Waals surface area contributed by atoms with Gasteiger partial charge in [0, 0.05) is 24.9 Å². The maximum atomic E-state index is 8.79. The van der Waals surface area contributed by atoms with Crippen molar-refractivity contribution < 1.29 is 5.11 Å². The fourth-order valence-corrected chi connectivity index (χ4v) is 2.96. The largest absolute Gasteiger partial charge is 0.396 e. The third-order valence-electron chi connectivity index (χ3n) is 4.19. The normalized spacial score (nSPS) is 12.2. The Morgan fingerprint density at radius 3 is 2.14 bits per heavy atom. The molecule has 0 radical (unpaired) electrons. The number of pyridine rings is 1. The van der Waals surface area contributed by atoms with Gasteiger partial charge in [0.2, 0.25) is 0 Å². The van der Waals surface area contributed by atoms with Crippen LogP contribution in [0.4, 0.5) is 0 Å². The van der Waals surface area contributed by atoms with Crippen molar-refractivity contribution in [3.63, 3.8) is 0 Å². The zero-order chi connectivity index (χ0) is 15.5. The third kappa shape index (κ3) is 5.61. The van der Waals surface area contributed by atoms with Crippen LogP contribution in [-0.4, -0.2) is 16.7 Å². The first-order chi connectivity index (χ1) is 10.9. The summed E-state index contributed by atoms with van der Waals surface area (Å²) in [5.41, 5.74) is 2.70. The summed E-state index contributed by atoms with van der Waals surface area (Å²) in [4.78, 5) is 4.29. The highest BCUT2D eigenvalue weighted by molar-refractivity contribution is 5.30. The van der Waals surface area contributed by atoms with E-state index in [1.165, 1.54) is 43.2 Å². The summed E-state index contributed by atoms with van der Waals surface area (Å²) in [6.45, 7) is 0.330. The summed E-state index contributed by atoms with van der Waals surface area (Å²) in [5.74, 6) is 0.451. The standard InChI is InChI=1S/C20H27NO/c22-16-9-4-2-1-3-8-14-20(18-11-6-5-7-12-18)19-13-10-15-21-17-19/h5-7,10-13,15,17,20,22H,1-4,8-9,14,16H2. The van der Waals surface area contributed by atoms with Gasteiger partial charge in [-0.1, -0.05) is 68.5 Å². The fourth-order valence-electron chi connectivity index (χ4n) is 2.96. The number of nitrogens with zero attached hydrogens (tertiary/aromatic N) is 1. The number of benzene rings is 1. The molecule has 1 aromatic carbocycles. The summed E-state index contributed by atoms with van der Waals surface area (Å²) in [6, 6.07) is 15.0. The average molecular weight is 297 g/mol. The molecule has 2 heteroatoms. The molecular formula is C20H27NO. The number of rotatable bonds is 10. The minimum Gasteiger partial charge on any atom is -0.396 e. The van der Waals surface area contributed by atoms with Crippen LogP contribution in [0, 0.1) is 0 Å². The molecule has 2 nitrogen and oxygen atoms in total. The molecule has 1 heterocycles. The topological polar surface area (TPSA) is 33.1 Å². The Labute approximate surface area is 134 Å². The van der Waals surface area contributed by atoms with E-state index in [9.17, 15) is 0 Å². The van der Waals surface area contributed by atoms with Gasteiger partial charge in [0.1, 0.15) is 0 Å². The molecule has 22 heavy (non-hydrogen) atoms. The third-order valence-corrected chi connectivity index (χ3v) is 4.19. The SMILES string of the molecule is OCCCCCCCCC(c1ccccc1)c1cccnc1. The highest BCUT2D eigenvalue weighted by atomic mass is 16.2. The van der Waals surface area contributed by atoms with Crippen molar-refractivity contribution in [2.75, 3.05) is 6.61 Å². The van der Waals surface area contributed by atoms with E-state index in [0.717, 1.165) is 12.8 Å². The van der Waals surface area contributed by atoms with Crippen molar-refractivity contribution in [3.8, 4) is 0 Å². The van der Waals surface area contributed by atoms with Gasteiger partial charge in [0.25, 0.3) is 0 Å². The molecular weight excluding hydrogens is 270 g/mol. The maximum Gasteiger partial charge on any atom is 0.0431 e. The molecule has 0 saturated carbocycles. The van der Waals surface area contributed by atoms with Gasteiger partial charge in [-0.15, -0.1) is 0 Å². The molecule has 2 rings (SSSR count). The van der Waals surface area contributed by atoms with Gasteiger partial charge in [-0.05, 0) is 30.0 Å². The molecule has 0 fully saturated rings. The number of aromatic nitrogens is 1. The van der Waals surface area contributed by atoms with Crippen LogP contribution in [0.15, 0.2) is 54.9 Å². The van der Waals surface area contributed by atoms with Gasteiger partial charge in [0.15, 0.2) is 0 Å². The van der Waals surface area contributed by atoms with Crippen molar-refractivity contribution in [2.24, 2.45) is 0 Å². The molecule has 0 amide bonds. The van der Waals surface area contributed by atoms with Crippen LogP contribution < -0.4 is 0 Å². The second kappa shape index (κ2) is 10.1. The number of aliphatic hydroxyl groups is 1. The van der Waals surface area contributed by atoms with Gasteiger partial charge in [-0.3, -0.25) is 4.98 Å². The van der Waals surface area contributed by atoms with Crippen LogP contribution in [0.3, 0.4) is 0 Å². The fraction of sp³-hybridized carbons (Fsp3) is 0.450. The molecule has 2 aromatic rings. The van der Waals surface area contributed by atoms with Gasteiger partial charge >= 0.3 is 0 Å². The molecule has 0 aliphatic heterocycles. The van der Waals surface area contributed by atoms with Crippen LogP contribution in [0.25, 0.3) is 0 Å². The van der Waals surface area contributed by atoms with E-state index in [1.54, 1.807) is 0 Å².